The number of methoxy groups -OCH3 is 1. The molecule has 0 aliphatic carbocycles. The minimum Gasteiger partial charge on any atom is -0.497 e. The summed E-state index contributed by atoms with van der Waals surface area (Å²) >= 11 is 0. The molecule has 1 heterocycles. The Kier molecular flexibility index (Phi) is 4.17. The predicted octanol–water partition coefficient (Wildman–Crippen LogP) is 2.15. The first-order valence-corrected chi connectivity index (χ1v) is 6.18. The number of nitrogens with one attached hydrogen (secondary N) is 1. The van der Waals surface area contributed by atoms with Crippen LogP contribution in [0.5, 0.6) is 5.75 Å². The first-order chi connectivity index (χ1) is 10.0. The lowest BCUT2D eigenvalue weighted by atomic mass is 10.1. The SMILES string of the molecule is COc1ccc(C(C)Nc2ncnc(N)c2[N+](=O)[O-])cc1. The second-order valence-electron chi connectivity index (χ2n) is 4.35. The van der Waals surface area contributed by atoms with Crippen LogP contribution in [0.3, 0.4) is 0 Å². The van der Waals surface area contributed by atoms with Crippen molar-refractivity contribution >= 4 is 17.3 Å². The fraction of sp³-hybridized carbons (Fsp3) is 0.231. The van der Waals surface area contributed by atoms with Crippen molar-refractivity contribution in [3.63, 3.8) is 0 Å². The van der Waals surface area contributed by atoms with Crippen LogP contribution in [0.25, 0.3) is 0 Å². The molecule has 1 atom stereocenters. The van der Waals surface area contributed by atoms with E-state index in [-0.39, 0.29) is 23.4 Å². The van der Waals surface area contributed by atoms with Crippen molar-refractivity contribution in [3.8, 4) is 5.75 Å². The van der Waals surface area contributed by atoms with Gasteiger partial charge in [0.1, 0.15) is 12.1 Å². The molecule has 110 valence electrons. The van der Waals surface area contributed by atoms with Crippen LogP contribution >= 0.6 is 0 Å². The highest BCUT2D eigenvalue weighted by Gasteiger charge is 2.22. The van der Waals surface area contributed by atoms with Crippen LogP contribution in [-0.2, 0) is 0 Å². The van der Waals surface area contributed by atoms with Crippen LogP contribution in [0.4, 0.5) is 17.3 Å². The van der Waals surface area contributed by atoms with Crippen LogP contribution in [0.15, 0.2) is 30.6 Å². The molecule has 3 N–H and O–H groups in total. The molecule has 0 spiro atoms. The average molecular weight is 289 g/mol. The minimum absolute atomic E-state index is 0.0934. The van der Waals surface area contributed by atoms with E-state index >= 15 is 0 Å². The van der Waals surface area contributed by atoms with Gasteiger partial charge in [0.05, 0.1) is 18.1 Å². The molecular formula is C13H15N5O3. The Morgan fingerprint density at radius 2 is 2.00 bits per heavy atom. The number of aromatic nitrogens is 2. The zero-order valence-corrected chi connectivity index (χ0v) is 11.6. The Balaban J connectivity index is 2.24. The molecule has 0 saturated heterocycles. The van der Waals surface area contributed by atoms with Crippen molar-refractivity contribution < 1.29 is 9.66 Å². The summed E-state index contributed by atoms with van der Waals surface area (Å²) in [5.41, 5.74) is 6.14. The second kappa shape index (κ2) is 6.04. The first-order valence-electron chi connectivity index (χ1n) is 6.18. The molecule has 8 nitrogen and oxygen atoms in total. The molecule has 0 bridgehead atoms. The smallest absolute Gasteiger partial charge is 0.353 e. The normalized spacial score (nSPS) is 11.7. The molecule has 8 heteroatoms. The van der Waals surface area contributed by atoms with Crippen LogP contribution < -0.4 is 15.8 Å². The summed E-state index contributed by atoms with van der Waals surface area (Å²) in [5.74, 6) is 0.665. The van der Waals surface area contributed by atoms with Crippen LogP contribution in [0.1, 0.15) is 18.5 Å². The van der Waals surface area contributed by atoms with Crippen molar-refractivity contribution in [1.29, 1.82) is 0 Å². The zero-order chi connectivity index (χ0) is 15.4. The van der Waals surface area contributed by atoms with Gasteiger partial charge >= 0.3 is 5.69 Å². The highest BCUT2D eigenvalue weighted by Crippen LogP contribution is 2.29. The molecule has 1 aromatic heterocycles. The quantitative estimate of drug-likeness (QED) is 0.639. The minimum atomic E-state index is -0.599. The Bertz CT molecular complexity index is 645. The van der Waals surface area contributed by atoms with Gasteiger partial charge in [-0.2, -0.15) is 0 Å². The van der Waals surface area contributed by atoms with Crippen molar-refractivity contribution in [2.75, 3.05) is 18.2 Å². The van der Waals surface area contributed by atoms with Gasteiger partial charge in [-0.25, -0.2) is 9.97 Å². The molecule has 1 unspecified atom stereocenters. The fourth-order valence-electron chi connectivity index (χ4n) is 1.86. The summed E-state index contributed by atoms with van der Waals surface area (Å²) in [6.45, 7) is 1.86. The van der Waals surface area contributed by atoms with E-state index in [2.05, 4.69) is 15.3 Å². The number of hydrogen-bond donors (Lipinski definition) is 2. The lowest BCUT2D eigenvalue weighted by Gasteiger charge is -2.15. The molecule has 0 fully saturated rings. The molecule has 2 rings (SSSR count). The Morgan fingerprint density at radius 1 is 1.33 bits per heavy atom. The van der Waals surface area contributed by atoms with Gasteiger partial charge < -0.3 is 15.8 Å². The monoisotopic (exact) mass is 289 g/mol. The molecule has 0 saturated carbocycles. The number of ether oxygens (including phenoxy) is 1. The number of nitrogens with two attached hydrogens (primary N) is 1. The summed E-state index contributed by atoms with van der Waals surface area (Å²) in [6, 6.07) is 7.18. The molecule has 0 aliphatic rings. The molecular weight excluding hydrogens is 274 g/mol. The second-order valence-corrected chi connectivity index (χ2v) is 4.35. The first kappa shape index (κ1) is 14.5. The molecule has 0 aliphatic heterocycles. The van der Waals surface area contributed by atoms with E-state index in [0.717, 1.165) is 11.3 Å². The lowest BCUT2D eigenvalue weighted by Crippen LogP contribution is -2.11. The number of nitrogens with zero attached hydrogens (tertiary/aromatic N) is 3. The summed E-state index contributed by atoms with van der Waals surface area (Å²) < 4.78 is 5.09. The van der Waals surface area contributed by atoms with Gasteiger partial charge in [-0.05, 0) is 24.6 Å². The van der Waals surface area contributed by atoms with Gasteiger partial charge in [-0.15, -0.1) is 0 Å². The fourth-order valence-corrected chi connectivity index (χ4v) is 1.86. The largest absolute Gasteiger partial charge is 0.497 e. The number of rotatable bonds is 5. The predicted molar refractivity (Wildman–Crippen MR) is 78.1 cm³/mol. The molecule has 0 radical (unpaired) electrons. The van der Waals surface area contributed by atoms with E-state index in [4.69, 9.17) is 10.5 Å². The van der Waals surface area contributed by atoms with Crippen molar-refractivity contribution in [3.05, 3.63) is 46.3 Å². The molecule has 2 aromatic rings. The molecule has 0 amide bonds. The van der Waals surface area contributed by atoms with Crippen molar-refractivity contribution in [2.45, 2.75) is 13.0 Å². The maximum atomic E-state index is 11.0. The van der Waals surface area contributed by atoms with Gasteiger partial charge in [0.2, 0.25) is 11.6 Å². The highest BCUT2D eigenvalue weighted by atomic mass is 16.6. The average Bonchev–Trinajstić information content (AvgIpc) is 2.47. The number of nitro groups is 1. The summed E-state index contributed by atoms with van der Waals surface area (Å²) in [7, 11) is 1.59. The van der Waals surface area contributed by atoms with Crippen LogP contribution in [0.2, 0.25) is 0 Å². The standard InChI is InChI=1S/C13H15N5O3/c1-8(9-3-5-10(21-2)6-4-9)17-13-11(18(19)20)12(14)15-7-16-13/h3-8H,1-2H3,(H3,14,15,16,17). The Hall–Kier alpha value is -2.90. The maximum absolute atomic E-state index is 11.0. The van der Waals surface area contributed by atoms with E-state index in [1.54, 1.807) is 7.11 Å². The number of benzene rings is 1. The van der Waals surface area contributed by atoms with Crippen molar-refractivity contribution in [2.24, 2.45) is 0 Å². The summed E-state index contributed by atoms with van der Waals surface area (Å²) in [4.78, 5) is 18.0. The van der Waals surface area contributed by atoms with E-state index in [1.807, 2.05) is 31.2 Å². The lowest BCUT2D eigenvalue weighted by molar-refractivity contribution is -0.383. The van der Waals surface area contributed by atoms with E-state index in [0.29, 0.717) is 0 Å². The van der Waals surface area contributed by atoms with Gasteiger partial charge in [0, 0.05) is 0 Å². The van der Waals surface area contributed by atoms with Gasteiger partial charge in [0.15, 0.2) is 0 Å². The summed E-state index contributed by atoms with van der Waals surface area (Å²) in [6.07, 6.45) is 1.19. The Morgan fingerprint density at radius 3 is 2.57 bits per heavy atom. The zero-order valence-electron chi connectivity index (χ0n) is 11.6. The van der Waals surface area contributed by atoms with E-state index in [9.17, 15) is 10.1 Å². The van der Waals surface area contributed by atoms with Crippen molar-refractivity contribution in [1.82, 2.24) is 9.97 Å². The number of hydrogen-bond acceptors (Lipinski definition) is 7. The van der Waals surface area contributed by atoms with Gasteiger partial charge in [-0.1, -0.05) is 12.1 Å². The summed E-state index contributed by atoms with van der Waals surface area (Å²) in [5, 5.41) is 14.0. The van der Waals surface area contributed by atoms with Crippen LogP contribution in [0, 0.1) is 10.1 Å². The third kappa shape index (κ3) is 3.16. The third-order valence-corrected chi connectivity index (χ3v) is 3.00. The van der Waals surface area contributed by atoms with E-state index < -0.39 is 4.92 Å². The third-order valence-electron chi connectivity index (χ3n) is 3.00. The number of nitrogen functional groups attached to an aromatic ring is 1. The van der Waals surface area contributed by atoms with Crippen LogP contribution in [-0.4, -0.2) is 22.0 Å². The topological polar surface area (TPSA) is 116 Å². The molecule has 21 heavy (non-hydrogen) atoms. The number of anilines is 2. The van der Waals surface area contributed by atoms with E-state index in [1.165, 1.54) is 6.33 Å². The highest BCUT2D eigenvalue weighted by molar-refractivity contribution is 5.67. The van der Waals surface area contributed by atoms with Gasteiger partial charge in [0.25, 0.3) is 0 Å². The Labute approximate surface area is 121 Å². The van der Waals surface area contributed by atoms with Gasteiger partial charge in [-0.3, -0.25) is 10.1 Å². The maximum Gasteiger partial charge on any atom is 0.353 e. The molecule has 1 aromatic carbocycles.